The third kappa shape index (κ3) is 5.53. The van der Waals surface area contributed by atoms with E-state index in [1.807, 2.05) is 18.4 Å². The van der Waals surface area contributed by atoms with E-state index in [0.29, 0.717) is 36.1 Å². The SMILES string of the molecule is CSCC[C@H](N)C(=O)NCCc1nc(-c2ccc(Cl)cc2)no1. The van der Waals surface area contributed by atoms with Gasteiger partial charge in [-0.05, 0) is 42.7 Å². The Labute approximate surface area is 144 Å². The summed E-state index contributed by atoms with van der Waals surface area (Å²) in [5.41, 5.74) is 6.61. The Morgan fingerprint density at radius 1 is 1.43 bits per heavy atom. The average Bonchev–Trinajstić information content (AvgIpc) is 3.02. The second-order valence-corrected chi connectivity index (χ2v) is 6.37. The van der Waals surface area contributed by atoms with Gasteiger partial charge in [0.2, 0.25) is 17.6 Å². The topological polar surface area (TPSA) is 94.0 Å². The number of carbonyl (C=O) groups excluding carboxylic acids is 1. The van der Waals surface area contributed by atoms with Gasteiger partial charge in [-0.15, -0.1) is 0 Å². The van der Waals surface area contributed by atoms with Crippen molar-refractivity contribution in [1.29, 1.82) is 0 Å². The van der Waals surface area contributed by atoms with E-state index in [4.69, 9.17) is 21.9 Å². The van der Waals surface area contributed by atoms with Gasteiger partial charge < -0.3 is 15.6 Å². The first-order chi connectivity index (χ1) is 11.1. The third-order valence-corrected chi connectivity index (χ3v) is 4.07. The molecule has 3 N–H and O–H groups in total. The van der Waals surface area contributed by atoms with Gasteiger partial charge in [-0.3, -0.25) is 4.79 Å². The number of nitrogens with two attached hydrogens (primary N) is 1. The van der Waals surface area contributed by atoms with Crippen molar-refractivity contribution in [3.8, 4) is 11.4 Å². The molecule has 0 saturated carbocycles. The summed E-state index contributed by atoms with van der Waals surface area (Å²) in [7, 11) is 0. The van der Waals surface area contributed by atoms with Crippen LogP contribution in [0.15, 0.2) is 28.8 Å². The minimum Gasteiger partial charge on any atom is -0.354 e. The zero-order valence-corrected chi connectivity index (χ0v) is 14.4. The number of benzene rings is 1. The molecule has 0 fully saturated rings. The normalized spacial score (nSPS) is 12.1. The van der Waals surface area contributed by atoms with E-state index in [9.17, 15) is 4.79 Å². The first kappa shape index (κ1) is 17.8. The third-order valence-electron chi connectivity index (χ3n) is 3.18. The molecule has 0 bridgehead atoms. The van der Waals surface area contributed by atoms with E-state index >= 15 is 0 Å². The smallest absolute Gasteiger partial charge is 0.236 e. The Hall–Kier alpha value is -1.57. The van der Waals surface area contributed by atoms with Gasteiger partial charge in [0.15, 0.2) is 0 Å². The van der Waals surface area contributed by atoms with Crippen LogP contribution in [0.5, 0.6) is 0 Å². The predicted octanol–water partition coefficient (Wildman–Crippen LogP) is 2.13. The zero-order chi connectivity index (χ0) is 16.7. The molecule has 1 atom stereocenters. The number of halogens is 1. The van der Waals surface area contributed by atoms with Crippen LogP contribution >= 0.6 is 23.4 Å². The molecule has 0 saturated heterocycles. The number of amides is 1. The molecule has 0 aliphatic carbocycles. The number of nitrogens with one attached hydrogen (secondary N) is 1. The lowest BCUT2D eigenvalue weighted by molar-refractivity contribution is -0.122. The van der Waals surface area contributed by atoms with E-state index in [-0.39, 0.29) is 5.91 Å². The van der Waals surface area contributed by atoms with Gasteiger partial charge in [0, 0.05) is 23.6 Å². The van der Waals surface area contributed by atoms with Gasteiger partial charge in [-0.2, -0.15) is 16.7 Å². The molecule has 0 aliphatic rings. The van der Waals surface area contributed by atoms with Crippen LogP contribution in [0.25, 0.3) is 11.4 Å². The monoisotopic (exact) mass is 354 g/mol. The van der Waals surface area contributed by atoms with Crippen LogP contribution in [0.3, 0.4) is 0 Å². The summed E-state index contributed by atoms with van der Waals surface area (Å²) in [4.78, 5) is 16.1. The van der Waals surface area contributed by atoms with E-state index in [1.165, 1.54) is 0 Å². The van der Waals surface area contributed by atoms with Gasteiger partial charge in [-0.1, -0.05) is 16.8 Å². The fraction of sp³-hybridized carbons (Fsp3) is 0.400. The Kier molecular flexibility index (Phi) is 6.88. The quantitative estimate of drug-likeness (QED) is 0.754. The molecular weight excluding hydrogens is 336 g/mol. The van der Waals surface area contributed by atoms with E-state index in [0.717, 1.165) is 11.3 Å². The summed E-state index contributed by atoms with van der Waals surface area (Å²) in [6.45, 7) is 0.411. The van der Waals surface area contributed by atoms with Gasteiger partial charge in [0.25, 0.3) is 0 Å². The standard InChI is InChI=1S/C15H19ClN4O2S/c1-23-9-7-12(17)15(21)18-8-6-13-19-14(20-22-13)10-2-4-11(16)5-3-10/h2-5,12H,6-9,17H2,1H3,(H,18,21)/t12-/m0/s1. The van der Waals surface area contributed by atoms with Crippen molar-refractivity contribution < 1.29 is 9.32 Å². The number of hydrogen-bond donors (Lipinski definition) is 2. The minimum atomic E-state index is -0.477. The highest BCUT2D eigenvalue weighted by Crippen LogP contribution is 2.18. The summed E-state index contributed by atoms with van der Waals surface area (Å²) < 4.78 is 5.18. The van der Waals surface area contributed by atoms with E-state index in [2.05, 4.69) is 15.5 Å². The second kappa shape index (κ2) is 8.90. The number of nitrogens with zero attached hydrogens (tertiary/aromatic N) is 2. The van der Waals surface area contributed by atoms with Crippen molar-refractivity contribution in [3.05, 3.63) is 35.2 Å². The van der Waals surface area contributed by atoms with Gasteiger partial charge in [0.1, 0.15) is 0 Å². The number of aromatic nitrogens is 2. The first-order valence-electron chi connectivity index (χ1n) is 7.21. The van der Waals surface area contributed by atoms with Crippen molar-refractivity contribution in [2.75, 3.05) is 18.6 Å². The number of thioether (sulfide) groups is 1. The molecule has 124 valence electrons. The molecule has 1 heterocycles. The Morgan fingerprint density at radius 3 is 2.87 bits per heavy atom. The van der Waals surface area contributed by atoms with Gasteiger partial charge in [0.05, 0.1) is 6.04 Å². The lowest BCUT2D eigenvalue weighted by Crippen LogP contribution is -2.41. The fourth-order valence-corrected chi connectivity index (χ4v) is 2.49. The number of hydrogen-bond acceptors (Lipinski definition) is 6. The molecule has 0 radical (unpaired) electrons. The molecular formula is C15H19ClN4O2S. The Balaban J connectivity index is 1.81. The van der Waals surface area contributed by atoms with Crippen LogP contribution in [0.2, 0.25) is 5.02 Å². The Bertz CT molecular complexity index is 633. The van der Waals surface area contributed by atoms with Crippen LogP contribution in [0, 0.1) is 0 Å². The largest absolute Gasteiger partial charge is 0.354 e. The highest BCUT2D eigenvalue weighted by Gasteiger charge is 2.13. The van der Waals surface area contributed by atoms with Crippen molar-refractivity contribution in [2.45, 2.75) is 18.9 Å². The lowest BCUT2D eigenvalue weighted by Gasteiger charge is -2.10. The average molecular weight is 355 g/mol. The molecule has 0 aliphatic heterocycles. The van der Waals surface area contributed by atoms with E-state index < -0.39 is 6.04 Å². The summed E-state index contributed by atoms with van der Waals surface area (Å²) in [5.74, 6) is 1.67. The van der Waals surface area contributed by atoms with Crippen molar-refractivity contribution in [2.24, 2.45) is 5.73 Å². The summed E-state index contributed by atoms with van der Waals surface area (Å²) in [6, 6.07) is 6.70. The molecule has 6 nitrogen and oxygen atoms in total. The highest BCUT2D eigenvalue weighted by molar-refractivity contribution is 7.98. The molecule has 8 heteroatoms. The molecule has 0 unspecified atom stereocenters. The number of carbonyl (C=O) groups is 1. The zero-order valence-electron chi connectivity index (χ0n) is 12.8. The maximum Gasteiger partial charge on any atom is 0.236 e. The maximum absolute atomic E-state index is 11.8. The molecule has 23 heavy (non-hydrogen) atoms. The van der Waals surface area contributed by atoms with Crippen LogP contribution < -0.4 is 11.1 Å². The summed E-state index contributed by atoms with van der Waals surface area (Å²) >= 11 is 7.51. The maximum atomic E-state index is 11.8. The fourth-order valence-electron chi connectivity index (χ4n) is 1.87. The van der Waals surface area contributed by atoms with Crippen LogP contribution in [-0.2, 0) is 11.2 Å². The molecule has 2 rings (SSSR count). The molecule has 2 aromatic rings. The molecule has 1 aromatic carbocycles. The summed E-state index contributed by atoms with van der Waals surface area (Å²) in [6.07, 6.45) is 3.11. The molecule has 0 spiro atoms. The van der Waals surface area contributed by atoms with Crippen molar-refractivity contribution in [3.63, 3.8) is 0 Å². The molecule has 1 aromatic heterocycles. The van der Waals surface area contributed by atoms with Gasteiger partial charge in [-0.25, -0.2) is 0 Å². The predicted molar refractivity (Wildman–Crippen MR) is 92.4 cm³/mol. The first-order valence-corrected chi connectivity index (χ1v) is 8.98. The minimum absolute atomic E-state index is 0.156. The van der Waals surface area contributed by atoms with E-state index in [1.54, 1.807) is 23.9 Å². The second-order valence-electron chi connectivity index (χ2n) is 4.95. The molecule has 1 amide bonds. The van der Waals surface area contributed by atoms with Crippen LogP contribution in [0.1, 0.15) is 12.3 Å². The van der Waals surface area contributed by atoms with Crippen LogP contribution in [0.4, 0.5) is 0 Å². The van der Waals surface area contributed by atoms with Crippen molar-refractivity contribution >= 4 is 29.3 Å². The van der Waals surface area contributed by atoms with Crippen LogP contribution in [-0.4, -0.2) is 40.6 Å². The lowest BCUT2D eigenvalue weighted by atomic mass is 10.2. The van der Waals surface area contributed by atoms with Gasteiger partial charge >= 0.3 is 0 Å². The highest BCUT2D eigenvalue weighted by atomic mass is 35.5. The summed E-state index contributed by atoms with van der Waals surface area (Å²) in [5, 5.41) is 7.35. The number of rotatable bonds is 8. The van der Waals surface area contributed by atoms with Crippen molar-refractivity contribution in [1.82, 2.24) is 15.5 Å². The Morgan fingerprint density at radius 2 is 2.17 bits per heavy atom.